The Balaban J connectivity index is 2.64. The summed E-state index contributed by atoms with van der Waals surface area (Å²) in [7, 11) is 0. The number of aryl methyl sites for hydroxylation is 1. The van der Waals surface area contributed by atoms with Crippen LogP contribution < -0.4 is 0 Å². The summed E-state index contributed by atoms with van der Waals surface area (Å²) in [4.78, 5) is 16.1. The number of nitrogens with zero attached hydrogens (tertiary/aromatic N) is 1. The van der Waals surface area contributed by atoms with Crippen LogP contribution in [0.5, 0.6) is 0 Å². The standard InChI is InChI=1S/C13H11BrClNO2/c1-3-18-13(17)10-6-8-5-9(15)4-7(2)11(8)16-12(10)14/h4-6H,3H2,1-2H3. The lowest BCUT2D eigenvalue weighted by atomic mass is 10.1. The molecule has 18 heavy (non-hydrogen) atoms. The molecule has 0 atom stereocenters. The predicted octanol–water partition coefficient (Wildman–Crippen LogP) is 4.14. The van der Waals surface area contributed by atoms with E-state index >= 15 is 0 Å². The Kier molecular flexibility index (Phi) is 3.88. The highest BCUT2D eigenvalue weighted by atomic mass is 79.9. The normalized spacial score (nSPS) is 10.7. The number of carbonyl (C=O) groups is 1. The molecular formula is C13H11BrClNO2. The van der Waals surface area contributed by atoms with Crippen LogP contribution in [0.15, 0.2) is 22.8 Å². The van der Waals surface area contributed by atoms with Crippen LogP contribution in [-0.4, -0.2) is 17.6 Å². The monoisotopic (exact) mass is 327 g/mol. The number of halogens is 2. The first kappa shape index (κ1) is 13.3. The molecule has 0 saturated carbocycles. The van der Waals surface area contributed by atoms with Gasteiger partial charge in [0.25, 0.3) is 0 Å². The number of fused-ring (bicyclic) bond motifs is 1. The van der Waals surface area contributed by atoms with Gasteiger partial charge in [-0.1, -0.05) is 11.6 Å². The molecule has 0 N–H and O–H groups in total. The van der Waals surface area contributed by atoms with Gasteiger partial charge in [-0.25, -0.2) is 9.78 Å². The van der Waals surface area contributed by atoms with Crippen LogP contribution in [0.25, 0.3) is 10.9 Å². The minimum Gasteiger partial charge on any atom is -0.462 e. The van der Waals surface area contributed by atoms with Crippen molar-refractivity contribution in [2.75, 3.05) is 6.61 Å². The third-order valence-corrected chi connectivity index (χ3v) is 3.34. The second-order valence-corrected chi connectivity index (χ2v) is 5.03. The van der Waals surface area contributed by atoms with Gasteiger partial charge in [0.05, 0.1) is 17.7 Å². The van der Waals surface area contributed by atoms with Crippen molar-refractivity contribution < 1.29 is 9.53 Å². The Morgan fingerprint density at radius 3 is 2.83 bits per heavy atom. The van der Waals surface area contributed by atoms with Crippen LogP contribution in [0, 0.1) is 6.92 Å². The number of pyridine rings is 1. The van der Waals surface area contributed by atoms with Gasteiger partial charge in [-0.15, -0.1) is 0 Å². The van der Waals surface area contributed by atoms with Gasteiger partial charge in [-0.3, -0.25) is 0 Å². The van der Waals surface area contributed by atoms with E-state index in [1.165, 1.54) is 0 Å². The minimum absolute atomic E-state index is 0.331. The zero-order valence-electron chi connectivity index (χ0n) is 9.96. The highest BCUT2D eigenvalue weighted by Crippen LogP contribution is 2.26. The van der Waals surface area contributed by atoms with E-state index in [1.807, 2.05) is 13.0 Å². The summed E-state index contributed by atoms with van der Waals surface area (Å²) in [6.07, 6.45) is 0. The maximum Gasteiger partial charge on any atom is 0.340 e. The third kappa shape index (κ3) is 2.49. The van der Waals surface area contributed by atoms with Crippen LogP contribution in [0.2, 0.25) is 5.02 Å². The molecule has 0 spiro atoms. The summed E-state index contributed by atoms with van der Waals surface area (Å²) < 4.78 is 5.46. The van der Waals surface area contributed by atoms with Gasteiger partial charge in [0.15, 0.2) is 0 Å². The molecule has 0 saturated heterocycles. The third-order valence-electron chi connectivity index (χ3n) is 2.52. The first-order chi connectivity index (χ1) is 8.52. The van der Waals surface area contributed by atoms with Crippen LogP contribution >= 0.6 is 27.5 Å². The summed E-state index contributed by atoms with van der Waals surface area (Å²) in [6.45, 7) is 4.02. The van der Waals surface area contributed by atoms with E-state index in [1.54, 1.807) is 19.1 Å². The van der Waals surface area contributed by atoms with Crippen molar-refractivity contribution in [3.05, 3.63) is 39.0 Å². The second kappa shape index (κ2) is 5.24. The fourth-order valence-electron chi connectivity index (χ4n) is 1.75. The molecule has 2 rings (SSSR count). The lowest BCUT2D eigenvalue weighted by molar-refractivity contribution is 0.0525. The first-order valence-corrected chi connectivity index (χ1v) is 6.63. The van der Waals surface area contributed by atoms with E-state index in [4.69, 9.17) is 16.3 Å². The van der Waals surface area contributed by atoms with Crippen molar-refractivity contribution >= 4 is 44.4 Å². The summed E-state index contributed by atoms with van der Waals surface area (Å²) in [5, 5.41) is 1.45. The summed E-state index contributed by atoms with van der Waals surface area (Å²) in [6, 6.07) is 5.36. The molecule has 0 unspecified atom stereocenters. The smallest absolute Gasteiger partial charge is 0.340 e. The fourth-order valence-corrected chi connectivity index (χ4v) is 2.48. The molecule has 1 heterocycles. The van der Waals surface area contributed by atoms with E-state index < -0.39 is 5.97 Å². The number of aromatic nitrogens is 1. The van der Waals surface area contributed by atoms with Gasteiger partial charge in [0.2, 0.25) is 0 Å². The zero-order valence-corrected chi connectivity index (χ0v) is 12.3. The van der Waals surface area contributed by atoms with Gasteiger partial charge in [-0.05, 0) is 53.5 Å². The molecule has 5 heteroatoms. The lowest BCUT2D eigenvalue weighted by Gasteiger charge is -2.08. The first-order valence-electron chi connectivity index (χ1n) is 5.46. The van der Waals surface area contributed by atoms with Crippen LogP contribution in [0.4, 0.5) is 0 Å². The number of esters is 1. The maximum absolute atomic E-state index is 11.8. The number of rotatable bonds is 2. The van der Waals surface area contributed by atoms with E-state index in [9.17, 15) is 4.79 Å². The van der Waals surface area contributed by atoms with Gasteiger partial charge in [-0.2, -0.15) is 0 Å². The largest absolute Gasteiger partial charge is 0.462 e. The topological polar surface area (TPSA) is 39.2 Å². The quantitative estimate of drug-likeness (QED) is 0.614. The van der Waals surface area contributed by atoms with Crippen LogP contribution in [0.3, 0.4) is 0 Å². The van der Waals surface area contributed by atoms with Crippen LogP contribution in [-0.2, 0) is 4.74 Å². The van der Waals surface area contributed by atoms with Crippen molar-refractivity contribution in [1.29, 1.82) is 0 Å². The fraction of sp³-hybridized carbons (Fsp3) is 0.231. The predicted molar refractivity (Wildman–Crippen MR) is 75.1 cm³/mol. The van der Waals surface area contributed by atoms with E-state index in [2.05, 4.69) is 20.9 Å². The van der Waals surface area contributed by atoms with Gasteiger partial charge in [0.1, 0.15) is 4.60 Å². The van der Waals surface area contributed by atoms with Crippen molar-refractivity contribution in [3.8, 4) is 0 Å². The number of ether oxygens (including phenoxy) is 1. The van der Waals surface area contributed by atoms with Gasteiger partial charge >= 0.3 is 5.97 Å². The molecule has 2 aromatic rings. The second-order valence-electron chi connectivity index (χ2n) is 3.84. The highest BCUT2D eigenvalue weighted by Gasteiger charge is 2.14. The molecule has 0 bridgehead atoms. The Morgan fingerprint density at radius 2 is 2.17 bits per heavy atom. The number of hydrogen-bond donors (Lipinski definition) is 0. The van der Waals surface area contributed by atoms with E-state index in [0.29, 0.717) is 21.8 Å². The molecule has 0 amide bonds. The number of hydrogen-bond acceptors (Lipinski definition) is 3. The molecular weight excluding hydrogens is 318 g/mol. The molecule has 1 aromatic heterocycles. The Labute approximate surface area is 118 Å². The molecule has 1 aromatic carbocycles. The Hall–Kier alpha value is -1.13. The molecule has 94 valence electrons. The summed E-state index contributed by atoms with van der Waals surface area (Å²) in [5.74, 6) is -0.392. The summed E-state index contributed by atoms with van der Waals surface area (Å²) in [5.41, 5.74) is 2.19. The SMILES string of the molecule is CCOC(=O)c1cc2cc(Cl)cc(C)c2nc1Br. The molecule has 0 aliphatic rings. The van der Waals surface area contributed by atoms with Crippen molar-refractivity contribution in [2.45, 2.75) is 13.8 Å². The molecule has 0 aliphatic carbocycles. The van der Waals surface area contributed by atoms with Crippen molar-refractivity contribution in [2.24, 2.45) is 0 Å². The Bertz CT molecular complexity index is 628. The van der Waals surface area contributed by atoms with Crippen LogP contribution in [0.1, 0.15) is 22.8 Å². The minimum atomic E-state index is -0.392. The average molecular weight is 329 g/mol. The van der Waals surface area contributed by atoms with E-state index in [0.717, 1.165) is 16.5 Å². The molecule has 3 nitrogen and oxygen atoms in total. The Morgan fingerprint density at radius 1 is 1.44 bits per heavy atom. The van der Waals surface area contributed by atoms with Gasteiger partial charge in [0, 0.05) is 10.4 Å². The highest BCUT2D eigenvalue weighted by molar-refractivity contribution is 9.10. The van der Waals surface area contributed by atoms with Crippen molar-refractivity contribution in [3.63, 3.8) is 0 Å². The summed E-state index contributed by atoms with van der Waals surface area (Å²) >= 11 is 9.30. The lowest BCUT2D eigenvalue weighted by Crippen LogP contribution is -2.06. The molecule has 0 fully saturated rings. The zero-order chi connectivity index (χ0) is 13.3. The molecule has 0 radical (unpaired) electrons. The van der Waals surface area contributed by atoms with Gasteiger partial charge < -0.3 is 4.74 Å². The van der Waals surface area contributed by atoms with E-state index in [-0.39, 0.29) is 0 Å². The van der Waals surface area contributed by atoms with Crippen molar-refractivity contribution in [1.82, 2.24) is 4.98 Å². The maximum atomic E-state index is 11.8. The average Bonchev–Trinajstić information content (AvgIpc) is 2.29. The number of benzene rings is 1. The molecule has 0 aliphatic heterocycles. The number of carbonyl (C=O) groups excluding carboxylic acids is 1.